The highest BCUT2D eigenvalue weighted by atomic mass is 28.4. The molecule has 0 radical (unpaired) electrons. The average Bonchev–Trinajstić information content (AvgIpc) is 3.02. The van der Waals surface area contributed by atoms with E-state index in [9.17, 15) is 0 Å². The van der Waals surface area contributed by atoms with Crippen molar-refractivity contribution in [1.82, 2.24) is 0 Å². The summed E-state index contributed by atoms with van der Waals surface area (Å²) < 4.78 is 0. The Labute approximate surface area is 274 Å². The van der Waals surface area contributed by atoms with Crippen LogP contribution in [0.5, 0.6) is 0 Å². The highest BCUT2D eigenvalue weighted by Crippen LogP contribution is 1.82. The Morgan fingerprint density at radius 1 is 0.283 bits per heavy atom. The molecule has 0 saturated heterocycles. The molecule has 0 atom stereocenters. The molecule has 0 saturated carbocycles. The lowest BCUT2D eigenvalue weighted by atomic mass is 10.4. The van der Waals surface area contributed by atoms with Gasteiger partial charge in [-0.2, -0.15) is 0 Å². The lowest BCUT2D eigenvalue weighted by Gasteiger charge is -1.97. The van der Waals surface area contributed by atoms with Crippen LogP contribution in [0.4, 0.5) is 0 Å². The molecule has 2 N–H and O–H groups in total. The molecule has 0 bridgehead atoms. The number of rotatable bonds is 0. The molecule has 0 unspecified atom stereocenters. The van der Waals surface area contributed by atoms with E-state index in [0.717, 1.165) is 0 Å². The van der Waals surface area contributed by atoms with Crippen LogP contribution in [0, 0.1) is 237 Å². The van der Waals surface area contributed by atoms with Gasteiger partial charge in [0.1, 0.15) is 0 Å². The van der Waals surface area contributed by atoms with Crippen LogP contribution in [0.2, 0.25) is 13.1 Å². The predicted molar refractivity (Wildman–Crippen MR) is 184 cm³/mol. The summed E-state index contributed by atoms with van der Waals surface area (Å²) in [5.41, 5.74) is 0. The van der Waals surface area contributed by atoms with Crippen LogP contribution in [0.3, 0.4) is 0 Å². The summed E-state index contributed by atoms with van der Waals surface area (Å²) in [5.74, 6) is 96.9. The lowest BCUT2D eigenvalue weighted by Crippen LogP contribution is -2.23. The van der Waals surface area contributed by atoms with E-state index in [-0.39, 0.29) is 0 Å². The topological polar surface area (TPSA) is 40.5 Å². The van der Waals surface area contributed by atoms with Crippen molar-refractivity contribution in [3.8, 4) is 237 Å². The second-order valence-corrected chi connectivity index (χ2v) is 9.50. The minimum Gasteiger partial charge on any atom is -0.411 e. The first-order valence-electron chi connectivity index (χ1n) is 11.7. The van der Waals surface area contributed by atoms with Crippen LogP contribution in [-0.4, -0.2) is 18.2 Å². The Balaban J connectivity index is 0. The molecule has 0 aromatic heterocycles. The van der Waals surface area contributed by atoms with E-state index >= 15 is 0 Å². The smallest absolute Gasteiger partial charge is 0.326 e. The van der Waals surface area contributed by atoms with Gasteiger partial charge in [0.15, 0.2) is 0 Å². The Kier molecular flexibility index (Phi) is 29.5. The highest BCUT2D eigenvalue weighted by Gasteiger charge is 2.08. The molecule has 0 rings (SSSR count). The van der Waals surface area contributed by atoms with Crippen molar-refractivity contribution in [2.45, 2.75) is 20.0 Å². The third kappa shape index (κ3) is 48.4. The van der Waals surface area contributed by atoms with E-state index in [2.05, 4.69) is 231 Å². The van der Waals surface area contributed by atoms with Gasteiger partial charge in [-0.25, -0.2) is 0 Å². The van der Waals surface area contributed by atoms with Crippen molar-refractivity contribution in [1.29, 1.82) is 0 Å². The van der Waals surface area contributed by atoms with Gasteiger partial charge < -0.3 is 9.59 Å². The zero-order valence-corrected chi connectivity index (χ0v) is 25.5. The maximum Gasteiger partial charge on any atom is 0.326 e. The van der Waals surface area contributed by atoms with Crippen LogP contribution in [-0.2, 0) is 0 Å². The van der Waals surface area contributed by atoms with Gasteiger partial charge in [-0.1, -0.05) is 5.92 Å². The minimum absolute atomic E-state index is 1.44. The third-order valence-corrected chi connectivity index (χ3v) is 2.45. The maximum atomic E-state index is 8.22. The zero-order valence-electron chi connectivity index (χ0n) is 24.5. The highest BCUT2D eigenvalue weighted by molar-refractivity contribution is 6.61. The van der Waals surface area contributed by atoms with Crippen molar-refractivity contribution in [3.05, 3.63) is 0 Å². The summed E-state index contributed by atoms with van der Waals surface area (Å²) in [6.07, 6.45) is 4.93. The van der Waals surface area contributed by atoms with Crippen LogP contribution in [0.15, 0.2) is 0 Å². The Bertz CT molecular complexity index is 2470. The summed E-state index contributed by atoms with van der Waals surface area (Å²) in [4.78, 5) is 16.4. The second-order valence-electron chi connectivity index (χ2n) is 6.51. The normalized spacial score (nSPS) is 4.78. The van der Waals surface area contributed by atoms with E-state index in [0.29, 0.717) is 0 Å². The monoisotopic (exact) mass is 588 g/mol. The molecule has 0 aliphatic rings. The van der Waals surface area contributed by atoms with Gasteiger partial charge >= 0.3 is 8.56 Å². The molecule has 2 nitrogen and oxygen atoms in total. The molecule has 0 spiro atoms. The fourth-order valence-corrected chi connectivity index (χ4v) is 1.19. The van der Waals surface area contributed by atoms with Gasteiger partial charge in [-0.15, -0.1) is 6.42 Å². The summed E-state index contributed by atoms with van der Waals surface area (Å²) in [6, 6.07) is 0. The van der Waals surface area contributed by atoms with Crippen LogP contribution < -0.4 is 0 Å². The third-order valence-electron chi connectivity index (χ3n) is 2.45. The number of hydrogen-bond acceptors (Lipinski definition) is 2. The van der Waals surface area contributed by atoms with Crippen molar-refractivity contribution in [3.63, 3.8) is 0 Å². The molecule has 0 fully saturated rings. The lowest BCUT2D eigenvalue weighted by molar-refractivity contribution is 0.382. The Morgan fingerprint density at radius 2 is 0.391 bits per heavy atom. The molecular weight excluding hydrogens is 577 g/mol. The zero-order chi connectivity index (χ0) is 34.1. The average molecular weight is 589 g/mol. The Morgan fingerprint density at radius 3 is 0.500 bits per heavy atom. The van der Waals surface area contributed by atoms with Crippen LogP contribution in [0.25, 0.3) is 0 Å². The van der Waals surface area contributed by atoms with E-state index in [1.165, 1.54) is 13.1 Å². The number of terminal acetylenes is 1. The second kappa shape index (κ2) is 34.4. The standard InChI is InChI=1S/C41H4.C2H8O2Si/c1-3-5-7-9-11-13-15-17-19-21-23-25-27-29-31-33-35-37-39-41-40-38-36-34-32-30-28-26-24-22-20-18-16-14-12-10-8-6-4-2;1-5(2,3)4/h1H,2H3;3-4H,1-2H3. The van der Waals surface area contributed by atoms with Crippen LogP contribution >= 0.6 is 0 Å². The predicted octanol–water partition coefficient (Wildman–Crippen LogP) is 0.377. The first-order valence-corrected chi connectivity index (χ1v) is 14.6. The van der Waals surface area contributed by atoms with Gasteiger partial charge in [0.2, 0.25) is 0 Å². The SMILES string of the molecule is C#CC#CC#CC#CC#CC#CC#CC#CC#CC#CC#CC#CC#CC#CC#CC#CC#CC#CC#CC#CC.C[Si](C)(O)O. The van der Waals surface area contributed by atoms with Gasteiger partial charge in [0, 0.05) is 130 Å². The first-order chi connectivity index (χ1) is 22.4. The molecule has 0 aromatic carbocycles. The summed E-state index contributed by atoms with van der Waals surface area (Å²) in [6.45, 7) is 4.56. The van der Waals surface area contributed by atoms with Gasteiger partial charge in [-0.05, 0) is 115 Å². The summed E-state index contributed by atoms with van der Waals surface area (Å²) in [7, 11) is -2.61. The summed E-state index contributed by atoms with van der Waals surface area (Å²) in [5, 5.41) is 0. The van der Waals surface area contributed by atoms with E-state index in [4.69, 9.17) is 16.0 Å². The van der Waals surface area contributed by atoms with Crippen molar-refractivity contribution in [2.24, 2.45) is 0 Å². The summed E-state index contributed by atoms with van der Waals surface area (Å²) >= 11 is 0. The Hall–Kier alpha value is -8.66. The molecule has 200 valence electrons. The van der Waals surface area contributed by atoms with Crippen LogP contribution in [0.1, 0.15) is 6.92 Å². The van der Waals surface area contributed by atoms with E-state index < -0.39 is 8.56 Å². The molecule has 0 amide bonds. The van der Waals surface area contributed by atoms with E-state index in [1.807, 2.05) is 0 Å². The molecular formula is C43H12O2Si. The van der Waals surface area contributed by atoms with Gasteiger partial charge in [-0.3, -0.25) is 0 Å². The molecule has 0 aliphatic heterocycles. The van der Waals surface area contributed by atoms with Crippen molar-refractivity contribution in [2.75, 3.05) is 0 Å². The quantitative estimate of drug-likeness (QED) is 0.318. The molecule has 0 heterocycles. The molecule has 3 heteroatoms. The molecule has 46 heavy (non-hydrogen) atoms. The fraction of sp³-hybridized carbons (Fsp3) is 0.0698. The van der Waals surface area contributed by atoms with Gasteiger partial charge in [0.25, 0.3) is 0 Å². The number of hydrogen-bond donors (Lipinski definition) is 2. The molecule has 0 aliphatic carbocycles. The fourth-order valence-electron chi connectivity index (χ4n) is 1.19. The van der Waals surface area contributed by atoms with E-state index in [1.54, 1.807) is 6.92 Å². The minimum atomic E-state index is -2.61. The first kappa shape index (κ1) is 39.5. The maximum absolute atomic E-state index is 8.22. The van der Waals surface area contributed by atoms with Gasteiger partial charge in [0.05, 0.1) is 0 Å². The molecule has 0 aromatic rings. The van der Waals surface area contributed by atoms with Crippen molar-refractivity contribution < 1.29 is 9.59 Å². The largest absolute Gasteiger partial charge is 0.411 e. The van der Waals surface area contributed by atoms with Crippen molar-refractivity contribution >= 4 is 8.56 Å².